The molecule has 0 spiro atoms. The summed E-state index contributed by atoms with van der Waals surface area (Å²) in [7, 11) is 0. The molecule has 0 aliphatic carbocycles. The summed E-state index contributed by atoms with van der Waals surface area (Å²) in [5.41, 5.74) is 0. The fourth-order valence-corrected chi connectivity index (χ4v) is 0.402. The van der Waals surface area contributed by atoms with E-state index < -0.39 is 5.97 Å². The van der Waals surface area contributed by atoms with E-state index in [4.69, 9.17) is 11.6 Å². The summed E-state index contributed by atoms with van der Waals surface area (Å²) in [5, 5.41) is 0.318. The van der Waals surface area contributed by atoms with Crippen molar-refractivity contribution in [2.45, 2.75) is 6.92 Å². The summed E-state index contributed by atoms with van der Waals surface area (Å²) >= 11 is 5.35. The van der Waals surface area contributed by atoms with Gasteiger partial charge in [0.25, 0.3) is 0 Å². The molecular weight excluding hydrogens is 164 g/mol. The van der Waals surface area contributed by atoms with E-state index in [9.17, 15) is 4.79 Å². The van der Waals surface area contributed by atoms with Crippen LogP contribution in [0.5, 0.6) is 0 Å². The fourth-order valence-electron chi connectivity index (χ4n) is 0.350. The lowest BCUT2D eigenvalue weighted by Gasteiger charge is -1.89. The third-order valence-corrected chi connectivity index (χ3v) is 0.862. The first-order chi connectivity index (χ1) is 5.16. The Bertz CT molecular complexity index is 204. The van der Waals surface area contributed by atoms with Crippen LogP contribution in [0.15, 0.2) is 36.1 Å². The van der Waals surface area contributed by atoms with Gasteiger partial charge >= 0.3 is 5.97 Å². The van der Waals surface area contributed by atoms with Crippen LogP contribution < -0.4 is 0 Å². The summed E-state index contributed by atoms with van der Waals surface area (Å²) in [6, 6.07) is 0. The molecule has 0 fully saturated rings. The normalized spacial score (nSPS) is 10.7. The van der Waals surface area contributed by atoms with Gasteiger partial charge in [-0.15, -0.1) is 0 Å². The highest BCUT2D eigenvalue weighted by molar-refractivity contribution is 6.30. The maximum absolute atomic E-state index is 10.6. The van der Waals surface area contributed by atoms with Crippen molar-refractivity contribution in [2.24, 2.45) is 0 Å². The molecule has 0 bridgehead atoms. The van der Waals surface area contributed by atoms with Gasteiger partial charge in [-0.05, 0) is 13.0 Å². The van der Waals surface area contributed by atoms with Crippen molar-refractivity contribution in [1.82, 2.24) is 0 Å². The van der Waals surface area contributed by atoms with E-state index in [0.29, 0.717) is 5.03 Å². The number of carbonyl (C=O) groups is 1. The highest BCUT2D eigenvalue weighted by Gasteiger charge is 1.89. The van der Waals surface area contributed by atoms with Gasteiger partial charge in [-0.3, -0.25) is 0 Å². The van der Waals surface area contributed by atoms with Crippen molar-refractivity contribution >= 4 is 17.6 Å². The van der Waals surface area contributed by atoms with Gasteiger partial charge in [-0.1, -0.05) is 24.3 Å². The predicted octanol–water partition coefficient (Wildman–Crippen LogP) is 2.37. The van der Waals surface area contributed by atoms with E-state index in [0.717, 1.165) is 0 Å². The number of hydrogen-bond donors (Lipinski definition) is 0. The van der Waals surface area contributed by atoms with E-state index in [1.807, 2.05) is 0 Å². The Morgan fingerprint density at radius 2 is 2.18 bits per heavy atom. The van der Waals surface area contributed by atoms with Gasteiger partial charge in [0, 0.05) is 11.1 Å². The van der Waals surface area contributed by atoms with Crippen LogP contribution in [0.4, 0.5) is 0 Å². The number of rotatable bonds is 3. The first-order valence-electron chi connectivity index (χ1n) is 3.01. The standard InChI is InChI=1S/C8H9ClO2/c1-3-4-8(10)11-6-5-7(2)9/h3-6H,2H2,1H3. The monoisotopic (exact) mass is 172 g/mol. The van der Waals surface area contributed by atoms with Crippen molar-refractivity contribution in [1.29, 1.82) is 0 Å². The van der Waals surface area contributed by atoms with Crippen LogP contribution in [-0.2, 0) is 9.53 Å². The molecule has 0 aromatic carbocycles. The Kier molecular flexibility index (Phi) is 5.21. The second-order valence-electron chi connectivity index (χ2n) is 1.69. The summed E-state index contributed by atoms with van der Waals surface area (Å²) in [5.74, 6) is -0.429. The van der Waals surface area contributed by atoms with E-state index in [-0.39, 0.29) is 0 Å². The molecule has 0 heterocycles. The molecule has 3 heteroatoms. The van der Waals surface area contributed by atoms with Gasteiger partial charge in [0.1, 0.15) is 0 Å². The molecule has 0 rings (SSSR count). The molecule has 11 heavy (non-hydrogen) atoms. The number of ether oxygens (including phenoxy) is 1. The van der Waals surface area contributed by atoms with Gasteiger partial charge in [-0.2, -0.15) is 0 Å². The Hall–Kier alpha value is -1.02. The van der Waals surface area contributed by atoms with E-state index in [1.54, 1.807) is 13.0 Å². The number of hydrogen-bond acceptors (Lipinski definition) is 2. The quantitative estimate of drug-likeness (QED) is 0.283. The highest BCUT2D eigenvalue weighted by atomic mass is 35.5. The smallest absolute Gasteiger partial charge is 0.335 e. The lowest BCUT2D eigenvalue weighted by molar-refractivity contribution is -0.132. The molecule has 0 saturated carbocycles. The first kappa shape index (κ1) is 9.98. The maximum atomic E-state index is 10.6. The molecule has 0 N–H and O–H groups in total. The SMILES string of the molecule is C=C(Cl)C=COC(=O)C=CC. The van der Waals surface area contributed by atoms with Crippen molar-refractivity contribution in [3.8, 4) is 0 Å². The van der Waals surface area contributed by atoms with Crippen LogP contribution in [0.25, 0.3) is 0 Å². The second-order valence-corrected chi connectivity index (χ2v) is 2.17. The third kappa shape index (κ3) is 6.87. The van der Waals surface area contributed by atoms with Crippen molar-refractivity contribution in [3.05, 3.63) is 36.1 Å². The second kappa shape index (κ2) is 5.74. The van der Waals surface area contributed by atoms with Crippen LogP contribution in [0.2, 0.25) is 0 Å². The summed E-state index contributed by atoms with van der Waals surface area (Å²) in [4.78, 5) is 10.6. The largest absolute Gasteiger partial charge is 0.431 e. The molecule has 0 unspecified atom stereocenters. The minimum Gasteiger partial charge on any atom is -0.431 e. The van der Waals surface area contributed by atoms with Gasteiger partial charge in [-0.25, -0.2) is 4.79 Å². The first-order valence-corrected chi connectivity index (χ1v) is 3.39. The maximum Gasteiger partial charge on any atom is 0.335 e. The van der Waals surface area contributed by atoms with E-state index >= 15 is 0 Å². The minimum atomic E-state index is -0.429. The van der Waals surface area contributed by atoms with Crippen molar-refractivity contribution < 1.29 is 9.53 Å². The Morgan fingerprint density at radius 3 is 2.64 bits per heavy atom. The number of halogens is 1. The fraction of sp³-hybridized carbons (Fsp3) is 0.125. The van der Waals surface area contributed by atoms with Gasteiger partial charge in [0.05, 0.1) is 6.26 Å². The average molecular weight is 173 g/mol. The number of allylic oxidation sites excluding steroid dienone is 3. The molecular formula is C8H9ClO2. The lowest BCUT2D eigenvalue weighted by Crippen LogP contribution is -1.92. The van der Waals surface area contributed by atoms with Crippen molar-refractivity contribution in [2.75, 3.05) is 0 Å². The molecule has 0 amide bonds. The van der Waals surface area contributed by atoms with E-state index in [1.165, 1.54) is 18.4 Å². The molecule has 0 saturated heterocycles. The molecule has 0 aromatic heterocycles. The van der Waals surface area contributed by atoms with Crippen molar-refractivity contribution in [3.63, 3.8) is 0 Å². The topological polar surface area (TPSA) is 26.3 Å². The van der Waals surface area contributed by atoms with Crippen LogP contribution in [0.1, 0.15) is 6.92 Å². The van der Waals surface area contributed by atoms with E-state index in [2.05, 4.69) is 11.3 Å². The zero-order valence-corrected chi connectivity index (χ0v) is 6.97. The molecule has 0 aliphatic heterocycles. The van der Waals surface area contributed by atoms with Crippen LogP contribution in [0, 0.1) is 0 Å². The van der Waals surface area contributed by atoms with Crippen LogP contribution >= 0.6 is 11.6 Å². The number of carbonyl (C=O) groups excluding carboxylic acids is 1. The van der Waals surface area contributed by atoms with Gasteiger partial charge in [0.15, 0.2) is 0 Å². The molecule has 60 valence electrons. The molecule has 0 aliphatic rings. The summed E-state index contributed by atoms with van der Waals surface area (Å²) in [6.07, 6.45) is 5.48. The predicted molar refractivity (Wildman–Crippen MR) is 45.0 cm³/mol. The van der Waals surface area contributed by atoms with Crippen LogP contribution in [-0.4, -0.2) is 5.97 Å². The number of esters is 1. The molecule has 0 radical (unpaired) electrons. The molecule has 0 atom stereocenters. The van der Waals surface area contributed by atoms with Gasteiger partial charge in [0.2, 0.25) is 0 Å². The van der Waals surface area contributed by atoms with Crippen LogP contribution in [0.3, 0.4) is 0 Å². The third-order valence-electron chi connectivity index (χ3n) is 0.736. The zero-order valence-electron chi connectivity index (χ0n) is 6.21. The Morgan fingerprint density at radius 1 is 1.55 bits per heavy atom. The van der Waals surface area contributed by atoms with Gasteiger partial charge < -0.3 is 4.74 Å². The zero-order chi connectivity index (χ0) is 8.69. The summed E-state index contributed by atoms with van der Waals surface area (Å²) < 4.78 is 4.54. The summed E-state index contributed by atoms with van der Waals surface area (Å²) in [6.45, 7) is 5.09. The Balaban J connectivity index is 3.70. The average Bonchev–Trinajstić information content (AvgIpc) is 1.87. The molecule has 2 nitrogen and oxygen atoms in total. The molecule has 0 aromatic rings. The lowest BCUT2D eigenvalue weighted by atomic mass is 10.5. The Labute approximate surface area is 70.8 Å². The highest BCUT2D eigenvalue weighted by Crippen LogP contribution is 1.97. The minimum absolute atomic E-state index is 0.318.